The van der Waals surface area contributed by atoms with E-state index in [1.807, 2.05) is 6.33 Å². The second kappa shape index (κ2) is 5.63. The van der Waals surface area contributed by atoms with Crippen LogP contribution in [0.2, 0.25) is 0 Å². The molecular weight excluding hydrogens is 212 g/mol. The van der Waals surface area contributed by atoms with Gasteiger partial charge in [-0.3, -0.25) is 0 Å². The SMILES string of the molecule is CCCn1cnnc1CC1(CN)CCCCC1. The van der Waals surface area contributed by atoms with Gasteiger partial charge in [-0.1, -0.05) is 26.2 Å². The summed E-state index contributed by atoms with van der Waals surface area (Å²) >= 11 is 0. The predicted octanol–water partition coefficient (Wildman–Crippen LogP) is 2.14. The van der Waals surface area contributed by atoms with Crippen molar-refractivity contribution >= 4 is 0 Å². The molecule has 1 saturated carbocycles. The van der Waals surface area contributed by atoms with E-state index in [0.29, 0.717) is 0 Å². The smallest absolute Gasteiger partial charge is 0.133 e. The Morgan fingerprint density at radius 1 is 1.35 bits per heavy atom. The minimum Gasteiger partial charge on any atom is -0.330 e. The zero-order valence-corrected chi connectivity index (χ0v) is 10.9. The molecule has 1 aromatic rings. The number of nitrogens with zero attached hydrogens (tertiary/aromatic N) is 3. The molecule has 0 bridgehead atoms. The Kier molecular flexibility index (Phi) is 4.15. The van der Waals surface area contributed by atoms with E-state index in [1.54, 1.807) is 0 Å². The molecule has 0 amide bonds. The van der Waals surface area contributed by atoms with Gasteiger partial charge in [-0.25, -0.2) is 0 Å². The summed E-state index contributed by atoms with van der Waals surface area (Å²) in [5, 5.41) is 8.32. The molecule has 2 N–H and O–H groups in total. The Morgan fingerprint density at radius 3 is 2.76 bits per heavy atom. The maximum atomic E-state index is 6.02. The van der Waals surface area contributed by atoms with Crippen LogP contribution in [0.5, 0.6) is 0 Å². The molecule has 96 valence electrons. The molecule has 0 radical (unpaired) electrons. The highest BCUT2D eigenvalue weighted by Crippen LogP contribution is 2.37. The van der Waals surface area contributed by atoms with Crippen molar-refractivity contribution in [3.05, 3.63) is 12.2 Å². The molecule has 0 spiro atoms. The molecule has 0 saturated heterocycles. The Balaban J connectivity index is 2.09. The van der Waals surface area contributed by atoms with Crippen LogP contribution in [0, 0.1) is 5.41 Å². The van der Waals surface area contributed by atoms with Crippen molar-refractivity contribution < 1.29 is 0 Å². The quantitative estimate of drug-likeness (QED) is 0.852. The first-order valence-electron chi connectivity index (χ1n) is 6.86. The number of aryl methyl sites for hydroxylation is 1. The molecule has 17 heavy (non-hydrogen) atoms. The van der Waals surface area contributed by atoms with Crippen LogP contribution in [-0.2, 0) is 13.0 Å². The maximum Gasteiger partial charge on any atom is 0.133 e. The highest BCUT2D eigenvalue weighted by molar-refractivity contribution is 4.96. The Bertz CT molecular complexity index is 339. The molecule has 4 heteroatoms. The summed E-state index contributed by atoms with van der Waals surface area (Å²) in [6.45, 7) is 3.98. The van der Waals surface area contributed by atoms with Gasteiger partial charge < -0.3 is 10.3 Å². The third kappa shape index (κ3) is 2.86. The van der Waals surface area contributed by atoms with Crippen LogP contribution in [0.4, 0.5) is 0 Å². The van der Waals surface area contributed by atoms with Crippen LogP contribution in [0.15, 0.2) is 6.33 Å². The van der Waals surface area contributed by atoms with Crippen molar-refractivity contribution in [1.29, 1.82) is 0 Å². The van der Waals surface area contributed by atoms with Crippen molar-refractivity contribution in [1.82, 2.24) is 14.8 Å². The lowest BCUT2D eigenvalue weighted by Crippen LogP contribution is -2.35. The number of rotatable bonds is 5. The van der Waals surface area contributed by atoms with Gasteiger partial charge in [-0.15, -0.1) is 10.2 Å². The van der Waals surface area contributed by atoms with Gasteiger partial charge in [0.05, 0.1) is 0 Å². The molecule has 4 nitrogen and oxygen atoms in total. The highest BCUT2D eigenvalue weighted by atomic mass is 15.3. The minimum absolute atomic E-state index is 0.288. The van der Waals surface area contributed by atoms with E-state index in [2.05, 4.69) is 21.7 Å². The summed E-state index contributed by atoms with van der Waals surface area (Å²) in [4.78, 5) is 0. The first-order valence-corrected chi connectivity index (χ1v) is 6.86. The molecule has 0 unspecified atom stereocenters. The van der Waals surface area contributed by atoms with E-state index >= 15 is 0 Å². The number of hydrogen-bond acceptors (Lipinski definition) is 3. The third-order valence-electron chi connectivity index (χ3n) is 4.04. The lowest BCUT2D eigenvalue weighted by atomic mass is 9.71. The maximum absolute atomic E-state index is 6.02. The summed E-state index contributed by atoms with van der Waals surface area (Å²) in [5.41, 5.74) is 6.31. The van der Waals surface area contributed by atoms with Crippen LogP contribution in [-0.4, -0.2) is 21.3 Å². The summed E-state index contributed by atoms with van der Waals surface area (Å²) in [7, 11) is 0. The minimum atomic E-state index is 0.288. The van der Waals surface area contributed by atoms with E-state index in [9.17, 15) is 0 Å². The van der Waals surface area contributed by atoms with Gasteiger partial charge in [-0.05, 0) is 31.2 Å². The predicted molar refractivity (Wildman–Crippen MR) is 68.6 cm³/mol. The number of hydrogen-bond donors (Lipinski definition) is 1. The normalized spacial score (nSPS) is 19.4. The van der Waals surface area contributed by atoms with Crippen molar-refractivity contribution in [2.75, 3.05) is 6.54 Å². The summed E-state index contributed by atoms with van der Waals surface area (Å²) < 4.78 is 2.19. The van der Waals surface area contributed by atoms with E-state index in [1.165, 1.54) is 32.1 Å². The average Bonchev–Trinajstić information content (AvgIpc) is 2.78. The van der Waals surface area contributed by atoms with Crippen LogP contribution in [0.25, 0.3) is 0 Å². The second-order valence-corrected chi connectivity index (χ2v) is 5.38. The third-order valence-corrected chi connectivity index (χ3v) is 4.04. The second-order valence-electron chi connectivity index (χ2n) is 5.38. The van der Waals surface area contributed by atoms with Gasteiger partial charge in [0.15, 0.2) is 0 Å². The topological polar surface area (TPSA) is 56.7 Å². The monoisotopic (exact) mass is 236 g/mol. The Hall–Kier alpha value is -0.900. The van der Waals surface area contributed by atoms with Gasteiger partial charge in [0.2, 0.25) is 0 Å². The van der Waals surface area contributed by atoms with Gasteiger partial charge in [0.1, 0.15) is 12.2 Å². The molecule has 0 aromatic carbocycles. The Morgan fingerprint density at radius 2 is 2.12 bits per heavy atom. The van der Waals surface area contributed by atoms with Crippen LogP contribution in [0.3, 0.4) is 0 Å². The molecule has 1 aromatic heterocycles. The van der Waals surface area contributed by atoms with E-state index < -0.39 is 0 Å². The van der Waals surface area contributed by atoms with Crippen molar-refractivity contribution in [3.8, 4) is 0 Å². The van der Waals surface area contributed by atoms with Crippen LogP contribution in [0.1, 0.15) is 51.3 Å². The summed E-state index contributed by atoms with van der Waals surface area (Å²) in [6.07, 6.45) is 10.5. The van der Waals surface area contributed by atoms with E-state index in [4.69, 9.17) is 5.73 Å². The van der Waals surface area contributed by atoms with Gasteiger partial charge in [0.25, 0.3) is 0 Å². The fraction of sp³-hybridized carbons (Fsp3) is 0.846. The fourth-order valence-corrected chi connectivity index (χ4v) is 2.93. The molecule has 0 atom stereocenters. The molecule has 1 aliphatic carbocycles. The van der Waals surface area contributed by atoms with Crippen molar-refractivity contribution in [2.45, 2.75) is 58.4 Å². The lowest BCUT2D eigenvalue weighted by Gasteiger charge is -2.35. The van der Waals surface area contributed by atoms with Gasteiger partial charge in [-0.2, -0.15) is 0 Å². The van der Waals surface area contributed by atoms with Gasteiger partial charge >= 0.3 is 0 Å². The van der Waals surface area contributed by atoms with Crippen LogP contribution >= 0.6 is 0 Å². The summed E-state index contributed by atoms with van der Waals surface area (Å²) in [5.74, 6) is 1.12. The van der Waals surface area contributed by atoms with Crippen molar-refractivity contribution in [2.24, 2.45) is 11.1 Å². The van der Waals surface area contributed by atoms with Gasteiger partial charge in [0, 0.05) is 13.0 Å². The fourth-order valence-electron chi connectivity index (χ4n) is 2.93. The molecule has 1 aliphatic rings. The van der Waals surface area contributed by atoms with Crippen LogP contribution < -0.4 is 5.73 Å². The molecule has 1 heterocycles. The largest absolute Gasteiger partial charge is 0.330 e. The number of nitrogens with two attached hydrogens (primary N) is 1. The number of aromatic nitrogens is 3. The Labute approximate surface area is 104 Å². The standard InChI is InChI=1S/C13H24N4/c1-2-8-17-11-15-16-12(17)9-13(10-14)6-4-3-5-7-13/h11H,2-10,14H2,1H3. The average molecular weight is 236 g/mol. The van der Waals surface area contributed by atoms with Crippen molar-refractivity contribution in [3.63, 3.8) is 0 Å². The zero-order chi connectivity index (χ0) is 12.1. The molecular formula is C13H24N4. The highest BCUT2D eigenvalue weighted by Gasteiger charge is 2.32. The van der Waals surface area contributed by atoms with E-state index in [-0.39, 0.29) is 5.41 Å². The molecule has 2 rings (SSSR count). The molecule has 0 aliphatic heterocycles. The van der Waals surface area contributed by atoms with E-state index in [0.717, 1.165) is 31.8 Å². The molecule has 1 fully saturated rings. The lowest BCUT2D eigenvalue weighted by molar-refractivity contribution is 0.191. The zero-order valence-electron chi connectivity index (χ0n) is 10.9. The first-order chi connectivity index (χ1) is 8.29. The summed E-state index contributed by atoms with van der Waals surface area (Å²) in [6, 6.07) is 0. The first kappa shape index (κ1) is 12.6.